The van der Waals surface area contributed by atoms with Crippen LogP contribution in [0.15, 0.2) is 29.6 Å². The van der Waals surface area contributed by atoms with Crippen molar-refractivity contribution >= 4 is 23.2 Å². The van der Waals surface area contributed by atoms with Gasteiger partial charge in [-0.3, -0.25) is 9.59 Å². The van der Waals surface area contributed by atoms with Crippen LogP contribution in [0, 0.1) is 0 Å². The van der Waals surface area contributed by atoms with E-state index in [9.17, 15) is 9.59 Å². The van der Waals surface area contributed by atoms with Gasteiger partial charge in [0, 0.05) is 10.9 Å². The number of rotatable bonds is 6. The molecule has 1 aromatic carbocycles. The Balaban J connectivity index is 2.00. The number of esters is 1. The van der Waals surface area contributed by atoms with Gasteiger partial charge in [0.15, 0.2) is 6.61 Å². The maximum absolute atomic E-state index is 11.5. The van der Waals surface area contributed by atoms with Gasteiger partial charge < -0.3 is 10.5 Å². The van der Waals surface area contributed by atoms with Gasteiger partial charge in [0.25, 0.3) is 5.91 Å². The number of thiazole rings is 1. The third kappa shape index (κ3) is 4.39. The molecule has 6 heteroatoms. The lowest BCUT2D eigenvalue weighted by molar-refractivity contribution is -0.147. The van der Waals surface area contributed by atoms with Gasteiger partial charge in [-0.2, -0.15) is 0 Å². The predicted molar refractivity (Wildman–Crippen MR) is 80.8 cm³/mol. The number of primary amides is 1. The van der Waals surface area contributed by atoms with Crippen LogP contribution in [0.2, 0.25) is 0 Å². The second-order valence-corrected chi connectivity index (χ2v) is 5.36. The molecule has 5 nitrogen and oxygen atoms in total. The third-order valence-electron chi connectivity index (χ3n) is 2.86. The molecule has 0 saturated carbocycles. The molecule has 1 aromatic heterocycles. The average Bonchev–Trinajstić information content (AvgIpc) is 2.93. The van der Waals surface area contributed by atoms with Crippen LogP contribution in [0.3, 0.4) is 0 Å². The maximum atomic E-state index is 11.5. The molecule has 1 amide bonds. The summed E-state index contributed by atoms with van der Waals surface area (Å²) in [5, 5.41) is 2.67. The number of ether oxygens (including phenoxy) is 1. The largest absolute Gasteiger partial charge is 0.455 e. The van der Waals surface area contributed by atoms with Crippen LogP contribution in [0.5, 0.6) is 0 Å². The molecular formula is C15H16N2O3S. The molecule has 0 aliphatic carbocycles. The zero-order valence-electron chi connectivity index (χ0n) is 11.7. The minimum absolute atomic E-state index is 0.0385. The minimum Gasteiger partial charge on any atom is -0.455 e. The monoisotopic (exact) mass is 304 g/mol. The number of hydrogen-bond donors (Lipinski definition) is 1. The predicted octanol–water partition coefficient (Wildman–Crippen LogP) is 1.94. The highest BCUT2D eigenvalue weighted by Crippen LogP contribution is 2.24. The Hall–Kier alpha value is -2.21. The molecule has 2 rings (SSSR count). The first-order valence-electron chi connectivity index (χ1n) is 6.56. The van der Waals surface area contributed by atoms with E-state index in [1.165, 1.54) is 16.9 Å². The van der Waals surface area contributed by atoms with Crippen molar-refractivity contribution in [2.75, 3.05) is 6.61 Å². The van der Waals surface area contributed by atoms with E-state index in [0.717, 1.165) is 17.0 Å². The van der Waals surface area contributed by atoms with Crippen molar-refractivity contribution in [1.82, 2.24) is 4.98 Å². The van der Waals surface area contributed by atoms with E-state index in [1.807, 2.05) is 17.5 Å². The highest BCUT2D eigenvalue weighted by Gasteiger charge is 2.11. The van der Waals surface area contributed by atoms with Crippen LogP contribution in [0.1, 0.15) is 18.2 Å². The fourth-order valence-electron chi connectivity index (χ4n) is 1.75. The Labute approximate surface area is 126 Å². The number of aromatic nitrogens is 1. The van der Waals surface area contributed by atoms with E-state index in [1.54, 1.807) is 0 Å². The first-order chi connectivity index (χ1) is 10.1. The number of carbonyl (C=O) groups excluding carboxylic acids is 2. The van der Waals surface area contributed by atoms with Crippen LogP contribution < -0.4 is 5.73 Å². The van der Waals surface area contributed by atoms with E-state index >= 15 is 0 Å². The van der Waals surface area contributed by atoms with Gasteiger partial charge >= 0.3 is 5.97 Å². The van der Waals surface area contributed by atoms with E-state index in [0.29, 0.717) is 5.69 Å². The highest BCUT2D eigenvalue weighted by atomic mass is 32.1. The molecule has 0 aliphatic rings. The zero-order valence-corrected chi connectivity index (χ0v) is 12.5. The average molecular weight is 304 g/mol. The second-order valence-electron chi connectivity index (χ2n) is 4.50. The molecule has 0 aliphatic heterocycles. The van der Waals surface area contributed by atoms with Crippen molar-refractivity contribution in [3.63, 3.8) is 0 Å². The number of nitrogens with zero attached hydrogens (tertiary/aromatic N) is 1. The summed E-state index contributed by atoms with van der Waals surface area (Å²) in [6, 6.07) is 8.18. The Morgan fingerprint density at radius 2 is 2.00 bits per heavy atom. The molecule has 2 aromatic rings. The number of aryl methyl sites for hydroxylation is 1. The van der Waals surface area contributed by atoms with Crippen LogP contribution in [0.25, 0.3) is 10.6 Å². The quantitative estimate of drug-likeness (QED) is 0.827. The van der Waals surface area contributed by atoms with Gasteiger partial charge in [-0.1, -0.05) is 31.2 Å². The molecule has 0 radical (unpaired) electrons. The Morgan fingerprint density at radius 1 is 1.29 bits per heavy atom. The van der Waals surface area contributed by atoms with Crippen molar-refractivity contribution < 1.29 is 14.3 Å². The van der Waals surface area contributed by atoms with Gasteiger partial charge in [-0.15, -0.1) is 11.3 Å². The van der Waals surface area contributed by atoms with Crippen molar-refractivity contribution in [1.29, 1.82) is 0 Å². The Bertz CT molecular complexity index is 635. The van der Waals surface area contributed by atoms with Crippen LogP contribution in [-0.2, 0) is 27.2 Å². The summed E-state index contributed by atoms with van der Waals surface area (Å²) in [5.41, 5.74) is 7.83. The SMILES string of the molecule is CCc1ccc(-c2nc(CC(=O)OCC(N)=O)cs2)cc1. The third-order valence-corrected chi connectivity index (χ3v) is 3.80. The lowest BCUT2D eigenvalue weighted by Crippen LogP contribution is -2.21. The lowest BCUT2D eigenvalue weighted by Gasteiger charge is -2.00. The first-order valence-corrected chi connectivity index (χ1v) is 7.44. The number of carbonyl (C=O) groups is 2. The summed E-state index contributed by atoms with van der Waals surface area (Å²) in [5.74, 6) is -1.18. The molecule has 0 bridgehead atoms. The van der Waals surface area contributed by atoms with Crippen LogP contribution in [-0.4, -0.2) is 23.5 Å². The van der Waals surface area contributed by atoms with Gasteiger partial charge in [0.2, 0.25) is 0 Å². The zero-order chi connectivity index (χ0) is 15.2. The number of hydrogen-bond acceptors (Lipinski definition) is 5. The first kappa shape index (κ1) is 15.2. The molecule has 1 heterocycles. The highest BCUT2D eigenvalue weighted by molar-refractivity contribution is 7.13. The second kappa shape index (κ2) is 6.99. The molecule has 110 valence electrons. The van der Waals surface area contributed by atoms with Gasteiger partial charge in [-0.25, -0.2) is 4.98 Å². The number of nitrogens with two attached hydrogens (primary N) is 1. The van der Waals surface area contributed by atoms with Gasteiger partial charge in [-0.05, 0) is 12.0 Å². The fraction of sp³-hybridized carbons (Fsp3) is 0.267. The Kier molecular flexibility index (Phi) is 5.05. The fourth-order valence-corrected chi connectivity index (χ4v) is 2.58. The molecule has 0 saturated heterocycles. The van der Waals surface area contributed by atoms with Crippen LogP contribution in [0.4, 0.5) is 0 Å². The van der Waals surface area contributed by atoms with Crippen molar-refractivity contribution in [2.45, 2.75) is 19.8 Å². The number of amides is 1. The van der Waals surface area contributed by atoms with Gasteiger partial charge in [0.05, 0.1) is 12.1 Å². The molecule has 0 spiro atoms. The minimum atomic E-state index is -0.668. The van der Waals surface area contributed by atoms with Crippen LogP contribution >= 0.6 is 11.3 Å². The van der Waals surface area contributed by atoms with E-state index in [4.69, 9.17) is 10.5 Å². The van der Waals surface area contributed by atoms with Crippen molar-refractivity contribution in [3.05, 3.63) is 40.9 Å². The summed E-state index contributed by atoms with van der Waals surface area (Å²) >= 11 is 1.47. The Morgan fingerprint density at radius 3 is 2.62 bits per heavy atom. The summed E-state index contributed by atoms with van der Waals surface area (Å²) in [6.07, 6.45) is 1.03. The van der Waals surface area contributed by atoms with Crippen molar-refractivity contribution in [2.24, 2.45) is 5.73 Å². The normalized spacial score (nSPS) is 10.3. The van der Waals surface area contributed by atoms with E-state index in [2.05, 4.69) is 24.0 Å². The van der Waals surface area contributed by atoms with Crippen molar-refractivity contribution in [3.8, 4) is 10.6 Å². The standard InChI is InChI=1S/C15H16N2O3S/c1-2-10-3-5-11(6-4-10)15-17-12(9-21-15)7-14(19)20-8-13(16)18/h3-6,9H,2,7-8H2,1H3,(H2,16,18). The molecule has 2 N–H and O–H groups in total. The smallest absolute Gasteiger partial charge is 0.312 e. The molecule has 0 unspecified atom stereocenters. The molecule has 0 fully saturated rings. The lowest BCUT2D eigenvalue weighted by atomic mass is 10.1. The van der Waals surface area contributed by atoms with E-state index < -0.39 is 18.5 Å². The number of benzene rings is 1. The molecule has 21 heavy (non-hydrogen) atoms. The topological polar surface area (TPSA) is 82.3 Å². The maximum Gasteiger partial charge on any atom is 0.312 e. The van der Waals surface area contributed by atoms with E-state index in [-0.39, 0.29) is 6.42 Å². The van der Waals surface area contributed by atoms with Gasteiger partial charge in [0.1, 0.15) is 5.01 Å². The summed E-state index contributed by atoms with van der Waals surface area (Å²) in [4.78, 5) is 26.4. The summed E-state index contributed by atoms with van der Waals surface area (Å²) in [6.45, 7) is 1.71. The molecular weight excluding hydrogens is 288 g/mol. The summed E-state index contributed by atoms with van der Waals surface area (Å²) in [7, 11) is 0. The molecule has 0 atom stereocenters. The summed E-state index contributed by atoms with van der Waals surface area (Å²) < 4.78 is 4.70.